The van der Waals surface area contributed by atoms with E-state index in [1.54, 1.807) is 6.07 Å². The summed E-state index contributed by atoms with van der Waals surface area (Å²) in [5.41, 5.74) is 4.58. The summed E-state index contributed by atoms with van der Waals surface area (Å²) in [6.07, 6.45) is 0. The van der Waals surface area contributed by atoms with Crippen LogP contribution in [0.2, 0.25) is 0 Å². The number of hydrogen-bond acceptors (Lipinski definition) is 1. The summed E-state index contributed by atoms with van der Waals surface area (Å²) in [4.78, 5) is 10.6. The standard InChI is InChI=1S/C9H12.C7H7BrO2Si/c1-7-5-4-6-8(2)9(7)3;8-4-2-1-3-5(11)6(4)7(9)10/h4-6H,1-3H3;1-3H,11H3,(H,9,10). The summed E-state index contributed by atoms with van der Waals surface area (Å²) >= 11 is 3.19. The fraction of sp³-hybridized carbons (Fsp3) is 0.188. The van der Waals surface area contributed by atoms with Crippen LogP contribution in [0.25, 0.3) is 0 Å². The van der Waals surface area contributed by atoms with Crippen LogP contribution < -0.4 is 5.19 Å². The molecule has 0 amide bonds. The molecular weight excluding hydrogens is 332 g/mol. The SMILES string of the molecule is Cc1cccc(C)c1C.O=C(O)c1c([SiH3])cccc1Br. The van der Waals surface area contributed by atoms with Crippen molar-refractivity contribution in [3.8, 4) is 0 Å². The molecule has 2 nitrogen and oxygen atoms in total. The van der Waals surface area contributed by atoms with E-state index in [-0.39, 0.29) is 0 Å². The van der Waals surface area contributed by atoms with E-state index in [0.717, 1.165) is 15.4 Å². The van der Waals surface area contributed by atoms with Gasteiger partial charge in [-0.1, -0.05) is 35.5 Å². The Bertz CT molecular complexity index is 583. The molecule has 0 spiro atoms. The van der Waals surface area contributed by atoms with Crippen LogP contribution in [-0.2, 0) is 0 Å². The predicted octanol–water partition coefficient (Wildman–Crippen LogP) is 2.75. The Kier molecular flexibility index (Phi) is 6.17. The van der Waals surface area contributed by atoms with E-state index in [2.05, 4.69) is 54.9 Å². The Morgan fingerprint density at radius 2 is 1.55 bits per heavy atom. The first kappa shape index (κ1) is 16.7. The molecule has 0 saturated carbocycles. The van der Waals surface area contributed by atoms with Crippen molar-refractivity contribution in [2.75, 3.05) is 0 Å². The maximum absolute atomic E-state index is 10.6. The van der Waals surface area contributed by atoms with E-state index in [9.17, 15) is 4.79 Å². The number of hydrogen-bond donors (Lipinski definition) is 1. The van der Waals surface area contributed by atoms with Crippen LogP contribution in [0.5, 0.6) is 0 Å². The van der Waals surface area contributed by atoms with E-state index in [4.69, 9.17) is 5.11 Å². The van der Waals surface area contributed by atoms with E-state index >= 15 is 0 Å². The van der Waals surface area contributed by atoms with Crippen molar-refractivity contribution in [1.29, 1.82) is 0 Å². The van der Waals surface area contributed by atoms with Gasteiger partial charge < -0.3 is 5.11 Å². The molecule has 0 aliphatic carbocycles. The molecule has 0 unspecified atom stereocenters. The Morgan fingerprint density at radius 3 is 1.90 bits per heavy atom. The zero-order valence-corrected chi connectivity index (χ0v) is 15.8. The second kappa shape index (κ2) is 7.41. The third-order valence-electron chi connectivity index (χ3n) is 3.31. The van der Waals surface area contributed by atoms with E-state index in [1.807, 2.05) is 12.1 Å². The lowest BCUT2D eigenvalue weighted by Crippen LogP contribution is -2.15. The smallest absolute Gasteiger partial charge is 0.336 e. The predicted molar refractivity (Wildman–Crippen MR) is 91.3 cm³/mol. The molecule has 0 aliphatic rings. The molecule has 106 valence electrons. The number of carboxylic acid groups (broad SMARTS) is 1. The number of benzene rings is 2. The van der Waals surface area contributed by atoms with Crippen LogP contribution in [0, 0.1) is 20.8 Å². The van der Waals surface area contributed by atoms with Crippen molar-refractivity contribution < 1.29 is 9.90 Å². The second-order valence-corrected chi connectivity index (χ2v) is 6.69. The topological polar surface area (TPSA) is 37.3 Å². The Balaban J connectivity index is 0.000000204. The molecule has 0 saturated heterocycles. The third kappa shape index (κ3) is 4.32. The Hall–Kier alpha value is -1.39. The monoisotopic (exact) mass is 350 g/mol. The fourth-order valence-corrected chi connectivity index (χ4v) is 3.48. The zero-order chi connectivity index (χ0) is 15.3. The first-order valence-corrected chi connectivity index (χ1v) is 8.15. The van der Waals surface area contributed by atoms with Crippen LogP contribution in [0.1, 0.15) is 27.0 Å². The normalized spacial score (nSPS) is 9.80. The average Bonchev–Trinajstić information content (AvgIpc) is 2.36. The van der Waals surface area contributed by atoms with Gasteiger partial charge in [-0.2, -0.15) is 0 Å². The van der Waals surface area contributed by atoms with Gasteiger partial charge >= 0.3 is 5.97 Å². The summed E-state index contributed by atoms with van der Waals surface area (Å²) in [6.45, 7) is 6.44. The van der Waals surface area contributed by atoms with Gasteiger partial charge in [0.1, 0.15) is 0 Å². The lowest BCUT2D eigenvalue weighted by atomic mass is 10.1. The molecule has 0 atom stereocenters. The Labute approximate surface area is 131 Å². The molecule has 2 aromatic carbocycles. The summed E-state index contributed by atoms with van der Waals surface area (Å²) in [5.74, 6) is -0.859. The van der Waals surface area contributed by atoms with Gasteiger partial charge in [0, 0.05) is 14.7 Å². The largest absolute Gasteiger partial charge is 0.478 e. The van der Waals surface area contributed by atoms with Gasteiger partial charge in [-0.3, -0.25) is 0 Å². The van der Waals surface area contributed by atoms with Crippen molar-refractivity contribution in [2.45, 2.75) is 20.8 Å². The molecular formula is C16H19BrO2Si. The highest BCUT2D eigenvalue weighted by Crippen LogP contribution is 2.13. The molecule has 0 bridgehead atoms. The van der Waals surface area contributed by atoms with Gasteiger partial charge in [0.2, 0.25) is 0 Å². The van der Waals surface area contributed by atoms with Crippen molar-refractivity contribution in [2.24, 2.45) is 0 Å². The molecule has 2 rings (SSSR count). The lowest BCUT2D eigenvalue weighted by Gasteiger charge is -2.01. The molecule has 2 aromatic rings. The number of halogens is 1. The first-order chi connectivity index (χ1) is 9.34. The van der Waals surface area contributed by atoms with Crippen LogP contribution >= 0.6 is 15.9 Å². The van der Waals surface area contributed by atoms with Crippen molar-refractivity contribution in [1.82, 2.24) is 0 Å². The quantitative estimate of drug-likeness (QED) is 0.803. The molecule has 20 heavy (non-hydrogen) atoms. The summed E-state index contributed by atoms with van der Waals surface area (Å²) in [6, 6.07) is 11.8. The van der Waals surface area contributed by atoms with Crippen LogP contribution in [0.15, 0.2) is 40.9 Å². The van der Waals surface area contributed by atoms with Crippen molar-refractivity contribution in [3.05, 3.63) is 63.1 Å². The first-order valence-electron chi connectivity index (χ1n) is 6.35. The van der Waals surface area contributed by atoms with Crippen molar-refractivity contribution in [3.63, 3.8) is 0 Å². The van der Waals surface area contributed by atoms with Crippen LogP contribution in [0.4, 0.5) is 0 Å². The summed E-state index contributed by atoms with van der Waals surface area (Å²) < 4.78 is 0.664. The van der Waals surface area contributed by atoms with Gasteiger partial charge in [0.05, 0.1) is 5.56 Å². The highest BCUT2D eigenvalue weighted by molar-refractivity contribution is 9.10. The minimum Gasteiger partial charge on any atom is -0.478 e. The maximum atomic E-state index is 10.6. The molecule has 0 radical (unpaired) electrons. The van der Waals surface area contributed by atoms with Gasteiger partial charge in [0.15, 0.2) is 0 Å². The highest BCUT2D eigenvalue weighted by Gasteiger charge is 2.09. The second-order valence-electron chi connectivity index (χ2n) is 4.75. The van der Waals surface area contributed by atoms with Crippen LogP contribution in [0.3, 0.4) is 0 Å². The van der Waals surface area contributed by atoms with E-state index in [1.165, 1.54) is 16.7 Å². The number of rotatable bonds is 1. The minimum atomic E-state index is -0.859. The maximum Gasteiger partial charge on any atom is 0.336 e. The third-order valence-corrected chi connectivity index (χ3v) is 4.81. The average molecular weight is 351 g/mol. The molecule has 0 heterocycles. The lowest BCUT2D eigenvalue weighted by molar-refractivity contribution is 0.0697. The van der Waals surface area contributed by atoms with E-state index < -0.39 is 5.97 Å². The number of carboxylic acids is 1. The molecule has 1 N–H and O–H groups in total. The number of aryl methyl sites for hydroxylation is 2. The van der Waals surface area contributed by atoms with Gasteiger partial charge in [0.25, 0.3) is 0 Å². The molecule has 0 aromatic heterocycles. The minimum absolute atomic E-state index is 0.402. The van der Waals surface area contributed by atoms with E-state index in [0.29, 0.717) is 10.0 Å². The summed E-state index contributed by atoms with van der Waals surface area (Å²) in [5, 5.41) is 9.65. The van der Waals surface area contributed by atoms with Gasteiger partial charge in [-0.15, -0.1) is 0 Å². The fourth-order valence-electron chi connectivity index (χ4n) is 1.80. The van der Waals surface area contributed by atoms with Gasteiger partial charge in [-0.05, 0) is 59.5 Å². The highest BCUT2D eigenvalue weighted by atomic mass is 79.9. The van der Waals surface area contributed by atoms with Gasteiger partial charge in [-0.25, -0.2) is 4.79 Å². The Morgan fingerprint density at radius 1 is 1.05 bits per heavy atom. The molecule has 0 fully saturated rings. The zero-order valence-electron chi connectivity index (χ0n) is 12.2. The molecule has 4 heteroatoms. The van der Waals surface area contributed by atoms with Crippen LogP contribution in [-0.4, -0.2) is 21.3 Å². The number of carbonyl (C=O) groups is 1. The number of aromatic carboxylic acids is 1. The van der Waals surface area contributed by atoms with Crippen molar-refractivity contribution >= 4 is 37.3 Å². The summed E-state index contributed by atoms with van der Waals surface area (Å²) in [7, 11) is 0.761. The molecule has 0 aliphatic heterocycles.